The molecule has 0 radical (unpaired) electrons. The molecule has 0 unspecified atom stereocenters. The van der Waals surface area contributed by atoms with Gasteiger partial charge in [-0.05, 0) is 86.8 Å². The SMILES string of the molecule is C#CCN.C=C(C)C(=C(C)C)c1ccc(Cl)c(C2(c3ccccc3CNC)CC2)c1.C=CN.CC.CC.O=CC=O. The van der Waals surface area contributed by atoms with Gasteiger partial charge in [-0.15, -0.1) is 6.42 Å². The van der Waals surface area contributed by atoms with E-state index in [1.165, 1.54) is 39.6 Å². The van der Waals surface area contributed by atoms with Gasteiger partial charge in [-0.25, -0.2) is 0 Å². The first-order valence-electron chi connectivity index (χ1n) is 13.9. The molecule has 5 nitrogen and oxygen atoms in total. The van der Waals surface area contributed by atoms with E-state index in [4.69, 9.17) is 26.9 Å². The highest BCUT2D eigenvalue weighted by molar-refractivity contribution is 6.31. The normalized spacial score (nSPS) is 11.0. The van der Waals surface area contributed by atoms with Crippen LogP contribution in [-0.4, -0.2) is 26.2 Å². The predicted molar refractivity (Wildman–Crippen MR) is 181 cm³/mol. The van der Waals surface area contributed by atoms with Crippen LogP contribution in [0, 0.1) is 12.3 Å². The van der Waals surface area contributed by atoms with Crippen molar-refractivity contribution in [2.24, 2.45) is 11.5 Å². The number of carbonyl (C=O) groups excluding carboxylic acids is 2. The summed E-state index contributed by atoms with van der Waals surface area (Å²) >= 11 is 6.71. The third-order valence-corrected chi connectivity index (χ3v) is 5.85. The summed E-state index contributed by atoms with van der Waals surface area (Å²) in [5.74, 6) is 2.21. The van der Waals surface area contributed by atoms with Crippen molar-refractivity contribution in [3.05, 3.63) is 100 Å². The molecular weight excluding hydrogens is 530 g/mol. The molecule has 6 heteroatoms. The molecular formula is C35H52ClN3O2. The maximum absolute atomic E-state index is 8.81. The second-order valence-corrected chi connectivity index (χ2v) is 8.94. The molecule has 0 amide bonds. The molecule has 0 atom stereocenters. The van der Waals surface area contributed by atoms with E-state index in [2.05, 4.69) is 99.8 Å². The lowest BCUT2D eigenvalue weighted by Crippen LogP contribution is -2.16. The summed E-state index contributed by atoms with van der Waals surface area (Å²) in [4.78, 5) is 17.6. The number of aldehydes is 2. The van der Waals surface area contributed by atoms with Gasteiger partial charge in [-0.3, -0.25) is 9.59 Å². The Morgan fingerprint density at radius 3 is 1.90 bits per heavy atom. The zero-order valence-electron chi connectivity index (χ0n) is 26.4. The van der Waals surface area contributed by atoms with Crippen LogP contribution >= 0.6 is 11.6 Å². The topological polar surface area (TPSA) is 98.2 Å². The Bertz CT molecular complexity index is 1120. The zero-order chi connectivity index (χ0) is 32.4. The number of halogens is 1. The minimum atomic E-state index is 0.0440. The number of hydrogen-bond acceptors (Lipinski definition) is 5. The number of nitrogens with one attached hydrogen (secondary N) is 1. The van der Waals surface area contributed by atoms with Crippen molar-refractivity contribution in [1.29, 1.82) is 0 Å². The molecule has 3 rings (SSSR count). The van der Waals surface area contributed by atoms with Crippen molar-refractivity contribution in [3.63, 3.8) is 0 Å². The summed E-state index contributed by atoms with van der Waals surface area (Å²) in [6.45, 7) is 22.9. The number of terminal acetylenes is 1. The molecule has 2 aromatic rings. The summed E-state index contributed by atoms with van der Waals surface area (Å²) in [5.41, 5.74) is 18.3. The first-order valence-corrected chi connectivity index (χ1v) is 14.2. The first kappa shape index (κ1) is 42.0. The van der Waals surface area contributed by atoms with Gasteiger partial charge in [0.2, 0.25) is 0 Å². The molecule has 0 saturated heterocycles. The van der Waals surface area contributed by atoms with Crippen LogP contribution in [-0.2, 0) is 21.5 Å². The van der Waals surface area contributed by atoms with E-state index in [9.17, 15) is 0 Å². The van der Waals surface area contributed by atoms with Gasteiger partial charge in [0.1, 0.15) is 0 Å². The smallest absolute Gasteiger partial charge is 0.182 e. The Morgan fingerprint density at radius 1 is 1.05 bits per heavy atom. The van der Waals surface area contributed by atoms with Gasteiger partial charge < -0.3 is 16.8 Å². The van der Waals surface area contributed by atoms with E-state index >= 15 is 0 Å². The fraction of sp³-hybridized carbons (Fsp3) is 0.371. The number of nitrogens with two attached hydrogens (primary N) is 2. The number of allylic oxidation sites excluding steroid dienone is 3. The number of carbonyl (C=O) groups is 2. The van der Waals surface area contributed by atoms with Crippen molar-refractivity contribution < 1.29 is 9.59 Å². The highest BCUT2D eigenvalue weighted by Crippen LogP contribution is 2.56. The number of benzene rings is 2. The number of hydrogen-bond donors (Lipinski definition) is 3. The lowest BCUT2D eigenvalue weighted by Gasteiger charge is -2.23. The summed E-state index contributed by atoms with van der Waals surface area (Å²) in [7, 11) is 2.00. The third-order valence-electron chi connectivity index (χ3n) is 5.52. The molecule has 5 N–H and O–H groups in total. The summed E-state index contributed by atoms with van der Waals surface area (Å²) in [6.07, 6.45) is 8.59. The van der Waals surface area contributed by atoms with E-state index < -0.39 is 0 Å². The van der Waals surface area contributed by atoms with Crippen LogP contribution in [0.5, 0.6) is 0 Å². The largest absolute Gasteiger partial charge is 0.405 e. The molecule has 1 aliphatic carbocycles. The van der Waals surface area contributed by atoms with Crippen LogP contribution in [0.4, 0.5) is 0 Å². The van der Waals surface area contributed by atoms with E-state index in [0.717, 1.165) is 30.0 Å². The van der Waals surface area contributed by atoms with Gasteiger partial charge in [-0.1, -0.05) is 99.9 Å². The highest BCUT2D eigenvalue weighted by Gasteiger charge is 2.48. The molecule has 226 valence electrons. The summed E-state index contributed by atoms with van der Waals surface area (Å²) in [6, 6.07) is 15.2. The number of rotatable bonds is 7. The zero-order valence-corrected chi connectivity index (χ0v) is 27.2. The van der Waals surface area contributed by atoms with Crippen LogP contribution in [0.1, 0.15) is 83.6 Å². The fourth-order valence-electron chi connectivity index (χ4n) is 4.15. The average molecular weight is 582 g/mol. The van der Waals surface area contributed by atoms with Crippen LogP contribution in [0.25, 0.3) is 5.57 Å². The molecule has 41 heavy (non-hydrogen) atoms. The fourth-order valence-corrected chi connectivity index (χ4v) is 4.45. The second-order valence-electron chi connectivity index (χ2n) is 8.54. The van der Waals surface area contributed by atoms with Crippen molar-refractivity contribution >= 4 is 29.7 Å². The molecule has 1 fully saturated rings. The lowest BCUT2D eigenvalue weighted by molar-refractivity contribution is -0.122. The standard InChI is InChI=1S/C24H28ClN.C3H5N.C2H5N.C2H2O2.2C2H6/c1-16(2)23(17(3)4)18-10-11-22(25)21(14-18)24(12-13-24)20-9-7-6-8-19(20)15-26-5;1-2-3-4;1-2-3;3-1-2-4;2*1-2/h6-11,14,26H,1,12-13,15H2,2-5H3;1H,3-4H2;2H,1,3H2;1-2H;2*1-2H3. The highest BCUT2D eigenvalue weighted by atomic mass is 35.5. The Balaban J connectivity index is -0.000000810. The van der Waals surface area contributed by atoms with Crippen molar-refractivity contribution in [1.82, 2.24) is 5.32 Å². The molecule has 0 bridgehead atoms. The Kier molecular flexibility index (Phi) is 26.2. The minimum Gasteiger partial charge on any atom is -0.405 e. The van der Waals surface area contributed by atoms with E-state index in [-0.39, 0.29) is 18.0 Å². The Morgan fingerprint density at radius 2 is 1.54 bits per heavy atom. The maximum atomic E-state index is 8.81. The molecule has 0 heterocycles. The van der Waals surface area contributed by atoms with Crippen molar-refractivity contribution in [3.8, 4) is 12.3 Å². The molecule has 1 aliphatic rings. The quantitative estimate of drug-likeness (QED) is 0.135. The Hall–Kier alpha value is -3.43. The molecule has 0 aliphatic heterocycles. The molecule has 0 aromatic heterocycles. The van der Waals surface area contributed by atoms with E-state index in [1.54, 1.807) is 0 Å². The van der Waals surface area contributed by atoms with Crippen LogP contribution in [0.15, 0.2) is 73.0 Å². The van der Waals surface area contributed by atoms with Gasteiger partial charge >= 0.3 is 0 Å². The Labute approximate surface area is 255 Å². The van der Waals surface area contributed by atoms with Crippen LogP contribution in [0.3, 0.4) is 0 Å². The van der Waals surface area contributed by atoms with Gasteiger partial charge in [-0.2, -0.15) is 0 Å². The minimum absolute atomic E-state index is 0.0440. The first-order chi connectivity index (χ1) is 19.6. The lowest BCUT2D eigenvalue weighted by atomic mass is 9.83. The second kappa shape index (κ2) is 25.5. The van der Waals surface area contributed by atoms with Gasteiger partial charge in [0, 0.05) is 17.0 Å². The van der Waals surface area contributed by atoms with Gasteiger partial charge in [0.15, 0.2) is 12.6 Å². The average Bonchev–Trinajstić information content (AvgIpc) is 3.79. The van der Waals surface area contributed by atoms with Crippen LogP contribution in [0.2, 0.25) is 5.02 Å². The molecule has 1 saturated carbocycles. The third kappa shape index (κ3) is 14.7. The predicted octanol–water partition coefficient (Wildman–Crippen LogP) is 7.61. The van der Waals surface area contributed by atoms with Gasteiger partial charge in [0.05, 0.1) is 6.54 Å². The van der Waals surface area contributed by atoms with Crippen molar-refractivity contribution in [2.45, 2.75) is 73.3 Å². The maximum Gasteiger partial charge on any atom is 0.182 e. The van der Waals surface area contributed by atoms with Gasteiger partial charge in [0.25, 0.3) is 0 Å². The monoisotopic (exact) mass is 581 g/mol. The molecule has 2 aromatic carbocycles. The summed E-state index contributed by atoms with van der Waals surface area (Å²) < 4.78 is 0. The van der Waals surface area contributed by atoms with Crippen LogP contribution < -0.4 is 16.8 Å². The molecule has 0 spiro atoms. The van der Waals surface area contributed by atoms with Crippen molar-refractivity contribution in [2.75, 3.05) is 13.6 Å². The van der Waals surface area contributed by atoms with E-state index in [0.29, 0.717) is 6.54 Å². The van der Waals surface area contributed by atoms with E-state index in [1.807, 2.05) is 34.7 Å². The summed E-state index contributed by atoms with van der Waals surface area (Å²) in [5, 5.41) is 4.16.